The largest absolute Gasteiger partial charge is 0.504 e. The average Bonchev–Trinajstić information content (AvgIpc) is 3.78. The van der Waals surface area contributed by atoms with E-state index < -0.39 is 5.41 Å². The normalized spacial score (nSPS) is 14.0. The molecule has 6 aromatic carbocycles. The molecule has 1 aliphatic carbocycles. The number of pyridine rings is 1. The molecule has 244 valence electrons. The molecule has 8 aromatic rings. The van der Waals surface area contributed by atoms with Crippen LogP contribution in [0.2, 0.25) is 0 Å². The van der Waals surface area contributed by atoms with Gasteiger partial charge in [0.25, 0.3) is 0 Å². The third-order valence-corrected chi connectivity index (χ3v) is 10.4. The smallest absolute Gasteiger partial charge is 0.135 e. The molecule has 4 nitrogen and oxygen atoms in total. The van der Waals surface area contributed by atoms with Crippen molar-refractivity contribution >= 4 is 38.9 Å². The molecule has 5 heteroatoms. The molecule has 0 spiro atoms. The fourth-order valence-electron chi connectivity index (χ4n) is 8.26. The van der Waals surface area contributed by atoms with Crippen LogP contribution in [0.5, 0.6) is 0 Å². The summed E-state index contributed by atoms with van der Waals surface area (Å²) >= 11 is 0. The summed E-state index contributed by atoms with van der Waals surface area (Å²) in [6.45, 7) is 2.15. The Morgan fingerprint density at radius 2 is 1.34 bits per heavy atom. The summed E-state index contributed by atoms with van der Waals surface area (Å²) in [7, 11) is 2.10. The van der Waals surface area contributed by atoms with Gasteiger partial charge in [-0.05, 0) is 71.4 Å². The Bertz CT molecular complexity index is 2510. The molecule has 0 fully saturated rings. The van der Waals surface area contributed by atoms with Crippen molar-refractivity contribution in [2.45, 2.75) is 11.8 Å². The first-order chi connectivity index (χ1) is 24.2. The molecule has 0 amide bonds. The predicted octanol–water partition coefficient (Wildman–Crippen LogP) is 10.0. The first-order valence-electron chi connectivity index (χ1n) is 16.7. The number of hydrogen-bond donors (Lipinski definition) is 0. The summed E-state index contributed by atoms with van der Waals surface area (Å²) in [4.78, 5) is 9.22. The summed E-state index contributed by atoms with van der Waals surface area (Å²) < 4.78 is 2.26. The van der Waals surface area contributed by atoms with Crippen molar-refractivity contribution in [3.8, 4) is 16.9 Å². The number of aromatic nitrogens is 2. The van der Waals surface area contributed by atoms with Crippen LogP contribution in [0.4, 0.5) is 17.1 Å². The minimum Gasteiger partial charge on any atom is -0.504 e. The van der Waals surface area contributed by atoms with Crippen LogP contribution in [0.15, 0.2) is 152 Å². The average molecular weight is 823 g/mol. The fraction of sp³-hybridized carbons (Fsp3) is 0.0667. The molecule has 2 aromatic heterocycles. The van der Waals surface area contributed by atoms with Crippen molar-refractivity contribution in [3.63, 3.8) is 0 Å². The van der Waals surface area contributed by atoms with Crippen LogP contribution >= 0.6 is 0 Å². The van der Waals surface area contributed by atoms with Crippen LogP contribution < -0.4 is 9.80 Å². The van der Waals surface area contributed by atoms with Gasteiger partial charge >= 0.3 is 0 Å². The van der Waals surface area contributed by atoms with Gasteiger partial charge in [-0.15, -0.1) is 16.6 Å². The Kier molecular flexibility index (Phi) is 7.26. The van der Waals surface area contributed by atoms with Crippen molar-refractivity contribution in [3.05, 3.63) is 193 Å². The Hall–Kier alpha value is -5.44. The van der Waals surface area contributed by atoms with E-state index in [4.69, 9.17) is 4.98 Å². The molecular formula is C45H31N4Pt-3. The van der Waals surface area contributed by atoms with E-state index in [0.717, 1.165) is 45.8 Å². The zero-order valence-electron chi connectivity index (χ0n) is 27.3. The monoisotopic (exact) mass is 822 g/mol. The Balaban J connectivity index is 0.00000336. The van der Waals surface area contributed by atoms with E-state index in [1.807, 2.05) is 12.3 Å². The third kappa shape index (κ3) is 4.45. The number of nitrogens with zero attached hydrogens (tertiary/aromatic N) is 4. The number of rotatable bonds is 5. The van der Waals surface area contributed by atoms with Crippen molar-refractivity contribution in [2.24, 2.45) is 0 Å². The van der Waals surface area contributed by atoms with Crippen LogP contribution in [0.3, 0.4) is 0 Å². The van der Waals surface area contributed by atoms with Crippen molar-refractivity contribution in [2.75, 3.05) is 16.8 Å². The van der Waals surface area contributed by atoms with Gasteiger partial charge in [-0.1, -0.05) is 90.4 Å². The molecule has 0 saturated heterocycles. The molecule has 50 heavy (non-hydrogen) atoms. The maximum atomic E-state index is 4.80. The number of para-hydroxylation sites is 3. The minimum absolute atomic E-state index is 0. The van der Waals surface area contributed by atoms with Gasteiger partial charge in [0.1, 0.15) is 5.82 Å². The topological polar surface area (TPSA) is 24.3 Å². The molecule has 0 unspecified atom stereocenters. The molecule has 0 N–H and O–H groups in total. The summed E-state index contributed by atoms with van der Waals surface area (Å²) in [5.41, 5.74) is 12.4. The first kappa shape index (κ1) is 30.6. The Labute approximate surface area is 306 Å². The van der Waals surface area contributed by atoms with E-state index in [1.54, 1.807) is 0 Å². The zero-order chi connectivity index (χ0) is 32.5. The SMILES string of the molecule is CN1[CH-]N(c2[c-]c(CC3(c4[c-]c5c(cc4)c4ccccc4n5-c4ccccn4)c4ccccc4-c4ccccc43)ccc2)c2ccccc21.[Pt]. The summed E-state index contributed by atoms with van der Waals surface area (Å²) in [5, 5.41) is 2.36. The number of hydrogen-bond acceptors (Lipinski definition) is 3. The van der Waals surface area contributed by atoms with Gasteiger partial charge in [-0.2, -0.15) is 54.7 Å². The third-order valence-electron chi connectivity index (χ3n) is 10.4. The number of benzene rings is 6. The standard InChI is InChI=1S/C45H31N4.Pt/c1-47-30-48(42-22-9-8-21-41(42)47)33-14-12-13-31(27-33)29-45(38-18-5-2-15-34(38)35-16-3-6-19-39(35)45)32-24-25-37-36-17-4-7-20-40(36)49(43(37)28-32)44-23-10-11-26-46-44;/h2-26,30H,29H2,1H3;/q-3;. The molecule has 10 rings (SSSR count). The molecule has 0 saturated carbocycles. The van der Waals surface area contributed by atoms with Crippen molar-refractivity contribution in [1.29, 1.82) is 0 Å². The van der Waals surface area contributed by atoms with Gasteiger partial charge in [0.2, 0.25) is 0 Å². The van der Waals surface area contributed by atoms with Gasteiger partial charge in [-0.3, -0.25) is 0 Å². The van der Waals surface area contributed by atoms with E-state index in [1.165, 1.54) is 38.7 Å². The summed E-state index contributed by atoms with van der Waals surface area (Å²) in [6, 6.07) is 60.1. The van der Waals surface area contributed by atoms with Gasteiger partial charge in [0, 0.05) is 49.6 Å². The Morgan fingerprint density at radius 1 is 0.640 bits per heavy atom. The van der Waals surface area contributed by atoms with Crippen LogP contribution in [0.1, 0.15) is 22.3 Å². The van der Waals surface area contributed by atoms with E-state index >= 15 is 0 Å². The van der Waals surface area contributed by atoms with Gasteiger partial charge < -0.3 is 14.4 Å². The van der Waals surface area contributed by atoms with Crippen molar-refractivity contribution < 1.29 is 21.1 Å². The minimum atomic E-state index is -0.495. The van der Waals surface area contributed by atoms with Crippen LogP contribution in [-0.4, -0.2) is 16.6 Å². The van der Waals surface area contributed by atoms with Crippen molar-refractivity contribution in [1.82, 2.24) is 9.55 Å². The van der Waals surface area contributed by atoms with Gasteiger partial charge in [0.05, 0.1) is 0 Å². The maximum absolute atomic E-state index is 4.80. The second-order valence-electron chi connectivity index (χ2n) is 13.0. The first-order valence-corrected chi connectivity index (χ1v) is 16.7. The second-order valence-corrected chi connectivity index (χ2v) is 13.0. The van der Waals surface area contributed by atoms with E-state index in [-0.39, 0.29) is 21.1 Å². The molecule has 0 radical (unpaired) electrons. The molecule has 2 aliphatic rings. The van der Waals surface area contributed by atoms with E-state index in [9.17, 15) is 0 Å². The Morgan fingerprint density at radius 3 is 2.12 bits per heavy atom. The zero-order valence-corrected chi connectivity index (χ0v) is 29.6. The fourth-order valence-corrected chi connectivity index (χ4v) is 8.26. The van der Waals surface area contributed by atoms with Crippen LogP contribution in [0.25, 0.3) is 38.8 Å². The molecule has 1 aliphatic heterocycles. The predicted molar refractivity (Wildman–Crippen MR) is 199 cm³/mol. The summed E-state index contributed by atoms with van der Waals surface area (Å²) in [6.07, 6.45) is 2.59. The number of fused-ring (bicyclic) bond motifs is 7. The van der Waals surface area contributed by atoms with Gasteiger partial charge in [0.15, 0.2) is 0 Å². The van der Waals surface area contributed by atoms with Crippen LogP contribution in [-0.2, 0) is 32.9 Å². The van der Waals surface area contributed by atoms with Gasteiger partial charge in [-0.25, -0.2) is 4.98 Å². The maximum Gasteiger partial charge on any atom is 0.135 e. The molecule has 3 heterocycles. The molecule has 0 atom stereocenters. The van der Waals surface area contributed by atoms with E-state index in [2.05, 4.69) is 180 Å². The number of anilines is 3. The van der Waals surface area contributed by atoms with Crippen LogP contribution in [0, 0.1) is 18.8 Å². The quantitative estimate of drug-likeness (QED) is 0.162. The molecule has 0 bridgehead atoms. The molecular weight excluding hydrogens is 792 g/mol. The second kappa shape index (κ2) is 11.9. The van der Waals surface area contributed by atoms with E-state index in [0.29, 0.717) is 0 Å². The summed E-state index contributed by atoms with van der Waals surface area (Å²) in [5.74, 6) is 0.886.